The van der Waals surface area contributed by atoms with Gasteiger partial charge in [-0.1, -0.05) is 12.1 Å². The summed E-state index contributed by atoms with van der Waals surface area (Å²) in [6, 6.07) is 11.8. The first-order chi connectivity index (χ1) is 12.8. The van der Waals surface area contributed by atoms with Gasteiger partial charge in [-0.15, -0.1) is 0 Å². The van der Waals surface area contributed by atoms with Gasteiger partial charge in [0.2, 0.25) is 15.9 Å². The third-order valence-corrected chi connectivity index (χ3v) is 5.39. The Kier molecular flexibility index (Phi) is 5.73. The van der Waals surface area contributed by atoms with Gasteiger partial charge >= 0.3 is 0 Å². The zero-order chi connectivity index (χ0) is 19.4. The number of fused-ring (bicyclic) bond motifs is 1. The molecule has 0 radical (unpaired) electrons. The summed E-state index contributed by atoms with van der Waals surface area (Å²) in [7, 11) is -1.94. The third kappa shape index (κ3) is 5.25. The third-order valence-electron chi connectivity index (χ3n) is 3.90. The van der Waals surface area contributed by atoms with Crippen molar-refractivity contribution in [1.29, 1.82) is 0 Å². The molecule has 0 aliphatic heterocycles. The number of carbonyl (C=O) groups excluding carboxylic acids is 1. The number of amides is 1. The van der Waals surface area contributed by atoms with E-state index < -0.39 is 16.1 Å². The molecular formula is C18H19N3O4S2. The SMILES string of the molecule is COc1ccc(C(CC(=O)Nc2ccc3sncc3c2)NS(C)(=O)=O)cc1. The number of sulfonamides is 1. The maximum absolute atomic E-state index is 12.5. The van der Waals surface area contributed by atoms with Crippen LogP contribution in [-0.2, 0) is 14.8 Å². The van der Waals surface area contributed by atoms with Crippen LogP contribution in [0.4, 0.5) is 5.69 Å². The molecule has 1 atom stereocenters. The van der Waals surface area contributed by atoms with Crippen molar-refractivity contribution in [2.24, 2.45) is 0 Å². The van der Waals surface area contributed by atoms with Crippen LogP contribution in [0.5, 0.6) is 5.75 Å². The minimum atomic E-state index is -3.50. The smallest absolute Gasteiger partial charge is 0.226 e. The molecule has 0 spiro atoms. The van der Waals surface area contributed by atoms with Crippen molar-refractivity contribution in [2.45, 2.75) is 12.5 Å². The number of hydrogen-bond acceptors (Lipinski definition) is 6. The molecule has 0 aliphatic rings. The number of aromatic nitrogens is 1. The predicted octanol–water partition coefficient (Wildman–Crippen LogP) is 2.92. The molecule has 142 valence electrons. The maximum Gasteiger partial charge on any atom is 0.226 e. The lowest BCUT2D eigenvalue weighted by molar-refractivity contribution is -0.116. The summed E-state index contributed by atoms with van der Waals surface area (Å²) in [5, 5.41) is 3.75. The Morgan fingerprint density at radius 2 is 1.96 bits per heavy atom. The molecule has 1 unspecified atom stereocenters. The predicted molar refractivity (Wildman–Crippen MR) is 107 cm³/mol. The first-order valence-corrected chi connectivity index (χ1v) is 10.8. The second-order valence-corrected chi connectivity index (χ2v) is 8.66. The molecule has 0 bridgehead atoms. The molecule has 1 aromatic heterocycles. The van der Waals surface area contributed by atoms with E-state index in [-0.39, 0.29) is 12.3 Å². The average Bonchev–Trinajstić information content (AvgIpc) is 3.08. The maximum atomic E-state index is 12.5. The van der Waals surface area contributed by atoms with Gasteiger partial charge in [0.25, 0.3) is 0 Å². The van der Waals surface area contributed by atoms with Crippen LogP contribution in [0.25, 0.3) is 10.1 Å². The molecule has 3 rings (SSSR count). The fraction of sp³-hybridized carbons (Fsp3) is 0.222. The van der Waals surface area contributed by atoms with Gasteiger partial charge in [0.05, 0.1) is 24.1 Å². The molecule has 2 aromatic carbocycles. The van der Waals surface area contributed by atoms with Gasteiger partial charge in [0.1, 0.15) is 5.75 Å². The zero-order valence-corrected chi connectivity index (χ0v) is 16.4. The summed E-state index contributed by atoms with van der Waals surface area (Å²) in [5.41, 5.74) is 1.31. The van der Waals surface area contributed by atoms with Crippen molar-refractivity contribution in [3.05, 3.63) is 54.2 Å². The van der Waals surface area contributed by atoms with E-state index in [0.29, 0.717) is 17.0 Å². The van der Waals surface area contributed by atoms with Crippen molar-refractivity contribution < 1.29 is 17.9 Å². The number of methoxy groups -OCH3 is 1. The van der Waals surface area contributed by atoms with Crippen LogP contribution >= 0.6 is 11.5 Å². The normalized spacial score (nSPS) is 12.7. The fourth-order valence-corrected chi connectivity index (χ4v) is 4.03. The second-order valence-electron chi connectivity index (χ2n) is 6.05. The van der Waals surface area contributed by atoms with Crippen molar-refractivity contribution >= 4 is 43.2 Å². The van der Waals surface area contributed by atoms with Crippen molar-refractivity contribution in [3.63, 3.8) is 0 Å². The Hall–Kier alpha value is -2.49. The Bertz CT molecular complexity index is 1050. The summed E-state index contributed by atoms with van der Waals surface area (Å²) in [4.78, 5) is 12.5. The summed E-state index contributed by atoms with van der Waals surface area (Å²) in [5.74, 6) is 0.355. The fourth-order valence-electron chi connectivity index (χ4n) is 2.67. The lowest BCUT2D eigenvalue weighted by Crippen LogP contribution is -2.30. The van der Waals surface area contributed by atoms with Crippen molar-refractivity contribution in [3.8, 4) is 5.75 Å². The van der Waals surface area contributed by atoms with Gasteiger partial charge in [-0.25, -0.2) is 13.1 Å². The Morgan fingerprint density at radius 1 is 1.22 bits per heavy atom. The highest BCUT2D eigenvalue weighted by Gasteiger charge is 2.20. The number of rotatable bonds is 7. The number of ether oxygens (including phenoxy) is 1. The van der Waals surface area contributed by atoms with Gasteiger partial charge in [-0.3, -0.25) is 4.79 Å². The van der Waals surface area contributed by atoms with Gasteiger partial charge in [0, 0.05) is 23.7 Å². The first kappa shape index (κ1) is 19.3. The van der Waals surface area contributed by atoms with E-state index in [9.17, 15) is 13.2 Å². The molecule has 2 N–H and O–H groups in total. The highest BCUT2D eigenvalue weighted by molar-refractivity contribution is 7.88. The van der Waals surface area contributed by atoms with E-state index in [4.69, 9.17) is 4.74 Å². The van der Waals surface area contributed by atoms with E-state index in [2.05, 4.69) is 14.4 Å². The Morgan fingerprint density at radius 3 is 2.63 bits per heavy atom. The second kappa shape index (κ2) is 8.03. The molecule has 0 saturated heterocycles. The summed E-state index contributed by atoms with van der Waals surface area (Å²) >= 11 is 1.38. The minimum absolute atomic E-state index is 0.0423. The highest BCUT2D eigenvalue weighted by atomic mass is 32.2. The lowest BCUT2D eigenvalue weighted by Gasteiger charge is -2.18. The number of hydrogen-bond donors (Lipinski definition) is 2. The van der Waals surface area contributed by atoms with Crippen LogP contribution < -0.4 is 14.8 Å². The topological polar surface area (TPSA) is 97.4 Å². The number of benzene rings is 2. The number of nitrogens with zero attached hydrogens (tertiary/aromatic N) is 1. The summed E-state index contributed by atoms with van der Waals surface area (Å²) < 4.78 is 36.2. The first-order valence-electron chi connectivity index (χ1n) is 8.09. The average molecular weight is 406 g/mol. The van der Waals surface area contributed by atoms with Crippen LogP contribution in [-0.4, -0.2) is 32.1 Å². The molecular weight excluding hydrogens is 386 g/mol. The van der Waals surface area contributed by atoms with Gasteiger partial charge in [-0.05, 0) is 47.4 Å². The van der Waals surface area contributed by atoms with Gasteiger partial charge in [0.15, 0.2) is 0 Å². The monoisotopic (exact) mass is 405 g/mol. The minimum Gasteiger partial charge on any atom is -0.497 e. The summed E-state index contributed by atoms with van der Waals surface area (Å²) in [6.45, 7) is 0. The standard InChI is InChI=1S/C18H19N3O4S2/c1-25-15-6-3-12(4-7-15)16(21-27(2,23)24)10-18(22)20-14-5-8-17-13(9-14)11-19-26-17/h3-9,11,16,21H,10H2,1-2H3,(H,20,22). The summed E-state index contributed by atoms with van der Waals surface area (Å²) in [6.07, 6.45) is 2.76. The molecule has 7 nitrogen and oxygen atoms in total. The van der Waals surface area contributed by atoms with E-state index in [0.717, 1.165) is 16.3 Å². The van der Waals surface area contributed by atoms with Crippen LogP contribution in [0.1, 0.15) is 18.0 Å². The quantitative estimate of drug-likeness (QED) is 0.630. The molecule has 9 heteroatoms. The van der Waals surface area contributed by atoms with Gasteiger partial charge < -0.3 is 10.1 Å². The highest BCUT2D eigenvalue weighted by Crippen LogP contribution is 2.24. The van der Waals surface area contributed by atoms with Crippen LogP contribution in [0.15, 0.2) is 48.7 Å². The molecule has 0 fully saturated rings. The molecule has 1 amide bonds. The van der Waals surface area contributed by atoms with E-state index in [1.54, 1.807) is 43.6 Å². The van der Waals surface area contributed by atoms with Crippen molar-refractivity contribution in [1.82, 2.24) is 9.10 Å². The molecule has 1 heterocycles. The van der Waals surface area contributed by atoms with Crippen molar-refractivity contribution in [2.75, 3.05) is 18.7 Å². The Labute approximate surface area is 161 Å². The van der Waals surface area contributed by atoms with E-state index in [1.807, 2.05) is 12.1 Å². The van der Waals surface area contributed by atoms with Crippen LogP contribution in [0.3, 0.4) is 0 Å². The van der Waals surface area contributed by atoms with Crippen LogP contribution in [0, 0.1) is 0 Å². The largest absolute Gasteiger partial charge is 0.497 e. The number of nitrogens with one attached hydrogen (secondary N) is 2. The molecule has 0 saturated carbocycles. The lowest BCUT2D eigenvalue weighted by atomic mass is 10.0. The zero-order valence-electron chi connectivity index (χ0n) is 14.8. The molecule has 3 aromatic rings. The number of carbonyl (C=O) groups is 1. The van der Waals surface area contributed by atoms with Gasteiger partial charge in [-0.2, -0.15) is 4.37 Å². The number of anilines is 1. The van der Waals surface area contributed by atoms with Crippen LogP contribution in [0.2, 0.25) is 0 Å². The van der Waals surface area contributed by atoms with E-state index in [1.165, 1.54) is 11.5 Å². The van der Waals surface area contributed by atoms with E-state index >= 15 is 0 Å². The Balaban J connectivity index is 1.76. The molecule has 0 aliphatic carbocycles. The molecule has 27 heavy (non-hydrogen) atoms.